The number of nitrogens with zero attached hydrogens (tertiary/aromatic N) is 1. The Bertz CT molecular complexity index is 428. The molecule has 1 fully saturated rings. The average Bonchev–Trinajstić information content (AvgIpc) is 2.74. The van der Waals surface area contributed by atoms with E-state index in [1.54, 1.807) is 23.1 Å². The van der Waals surface area contributed by atoms with E-state index in [1.165, 1.54) is 7.11 Å². The van der Waals surface area contributed by atoms with Crippen molar-refractivity contribution in [1.82, 2.24) is 0 Å². The molecule has 1 amide bonds. The van der Waals surface area contributed by atoms with Gasteiger partial charge in [-0.15, -0.1) is 0 Å². The lowest BCUT2D eigenvalue weighted by atomic mass is 10.2. The predicted molar refractivity (Wildman–Crippen MR) is 60.0 cm³/mol. The maximum absolute atomic E-state index is 11.6. The zero-order valence-electron chi connectivity index (χ0n) is 9.10. The van der Waals surface area contributed by atoms with E-state index >= 15 is 0 Å². The molecule has 0 unspecified atom stereocenters. The number of hydrogen-bond donors (Lipinski definition) is 0. The minimum atomic E-state index is 0.108. The Morgan fingerprint density at radius 2 is 2.25 bits per heavy atom. The first-order valence-corrected chi connectivity index (χ1v) is 5.20. The Hall–Kier alpha value is -1.84. The summed E-state index contributed by atoms with van der Waals surface area (Å²) in [5.41, 5.74) is 1.29. The molecule has 1 aliphatic heterocycles. The molecule has 1 saturated heterocycles. The minimum absolute atomic E-state index is 0.108. The molecule has 2 rings (SSSR count). The lowest BCUT2D eigenvalue weighted by Crippen LogP contribution is -2.24. The third-order valence-corrected chi connectivity index (χ3v) is 2.70. The monoisotopic (exact) mass is 219 g/mol. The molecule has 16 heavy (non-hydrogen) atoms. The SMILES string of the molecule is COc1cc(C=O)ccc1N1CCCC1=O. The molecular formula is C12H13NO3. The molecule has 1 aliphatic rings. The summed E-state index contributed by atoms with van der Waals surface area (Å²) in [6.07, 6.45) is 2.22. The fourth-order valence-corrected chi connectivity index (χ4v) is 1.89. The molecule has 84 valence electrons. The standard InChI is InChI=1S/C12H13NO3/c1-16-11-7-9(8-14)4-5-10(11)13-6-2-3-12(13)15/h4-5,7-8H,2-3,6H2,1H3. The van der Waals surface area contributed by atoms with E-state index in [1.807, 2.05) is 0 Å². The molecule has 0 atom stereocenters. The van der Waals surface area contributed by atoms with Crippen molar-refractivity contribution in [1.29, 1.82) is 0 Å². The van der Waals surface area contributed by atoms with E-state index < -0.39 is 0 Å². The van der Waals surface area contributed by atoms with Crippen molar-refractivity contribution in [2.24, 2.45) is 0 Å². The third-order valence-electron chi connectivity index (χ3n) is 2.70. The Kier molecular flexibility index (Phi) is 2.90. The first-order chi connectivity index (χ1) is 7.76. The van der Waals surface area contributed by atoms with Gasteiger partial charge in [-0.1, -0.05) is 0 Å². The van der Waals surface area contributed by atoms with Crippen molar-refractivity contribution in [3.8, 4) is 5.75 Å². The van der Waals surface area contributed by atoms with Gasteiger partial charge in [0.2, 0.25) is 5.91 Å². The van der Waals surface area contributed by atoms with Crippen molar-refractivity contribution in [3.05, 3.63) is 23.8 Å². The molecule has 1 heterocycles. The van der Waals surface area contributed by atoms with Crippen LogP contribution in [-0.2, 0) is 4.79 Å². The van der Waals surface area contributed by atoms with E-state index in [4.69, 9.17) is 4.74 Å². The number of hydrogen-bond acceptors (Lipinski definition) is 3. The lowest BCUT2D eigenvalue weighted by Gasteiger charge is -2.18. The Morgan fingerprint density at radius 3 is 2.81 bits per heavy atom. The molecule has 0 spiro atoms. The summed E-state index contributed by atoms with van der Waals surface area (Å²) in [5, 5.41) is 0. The van der Waals surface area contributed by atoms with E-state index in [-0.39, 0.29) is 5.91 Å². The summed E-state index contributed by atoms with van der Waals surface area (Å²) in [6.45, 7) is 0.718. The first-order valence-electron chi connectivity index (χ1n) is 5.20. The van der Waals surface area contributed by atoms with Crippen molar-refractivity contribution in [3.63, 3.8) is 0 Å². The van der Waals surface area contributed by atoms with Gasteiger partial charge in [-0.3, -0.25) is 9.59 Å². The van der Waals surface area contributed by atoms with E-state index in [9.17, 15) is 9.59 Å². The van der Waals surface area contributed by atoms with Crippen LogP contribution in [0.15, 0.2) is 18.2 Å². The van der Waals surface area contributed by atoms with E-state index in [0.29, 0.717) is 17.7 Å². The molecular weight excluding hydrogens is 206 g/mol. The van der Waals surface area contributed by atoms with Gasteiger partial charge in [0.1, 0.15) is 12.0 Å². The summed E-state index contributed by atoms with van der Waals surface area (Å²) < 4.78 is 5.20. The van der Waals surface area contributed by atoms with Gasteiger partial charge in [-0.2, -0.15) is 0 Å². The van der Waals surface area contributed by atoms with Crippen LogP contribution < -0.4 is 9.64 Å². The highest BCUT2D eigenvalue weighted by molar-refractivity contribution is 5.97. The van der Waals surface area contributed by atoms with Crippen LogP contribution in [0.25, 0.3) is 0 Å². The number of ether oxygens (including phenoxy) is 1. The average molecular weight is 219 g/mol. The summed E-state index contributed by atoms with van der Waals surface area (Å²) >= 11 is 0. The molecule has 0 aliphatic carbocycles. The second-order valence-corrected chi connectivity index (χ2v) is 3.70. The Balaban J connectivity index is 2.39. The Morgan fingerprint density at radius 1 is 1.44 bits per heavy atom. The van der Waals surface area contributed by atoms with Gasteiger partial charge in [-0.05, 0) is 24.6 Å². The van der Waals surface area contributed by atoms with Crippen LogP contribution >= 0.6 is 0 Å². The number of rotatable bonds is 3. The van der Waals surface area contributed by atoms with Crippen LogP contribution in [0, 0.1) is 0 Å². The predicted octanol–water partition coefficient (Wildman–Crippen LogP) is 1.63. The van der Waals surface area contributed by atoms with Gasteiger partial charge in [0.05, 0.1) is 12.8 Å². The van der Waals surface area contributed by atoms with Crippen molar-refractivity contribution >= 4 is 17.9 Å². The van der Waals surface area contributed by atoms with Gasteiger partial charge in [-0.25, -0.2) is 0 Å². The molecule has 0 radical (unpaired) electrons. The number of carbonyl (C=O) groups is 2. The quantitative estimate of drug-likeness (QED) is 0.726. The summed E-state index contributed by atoms with van der Waals surface area (Å²) in [6, 6.07) is 5.09. The molecule has 1 aromatic rings. The molecule has 4 heteroatoms. The fourth-order valence-electron chi connectivity index (χ4n) is 1.89. The first kappa shape index (κ1) is 10.7. The number of benzene rings is 1. The number of methoxy groups -OCH3 is 1. The molecule has 0 bridgehead atoms. The summed E-state index contributed by atoms with van der Waals surface area (Å²) in [7, 11) is 1.54. The van der Waals surface area contributed by atoms with Gasteiger partial charge in [0, 0.05) is 18.5 Å². The smallest absolute Gasteiger partial charge is 0.227 e. The highest BCUT2D eigenvalue weighted by atomic mass is 16.5. The van der Waals surface area contributed by atoms with Gasteiger partial charge >= 0.3 is 0 Å². The highest BCUT2D eigenvalue weighted by Gasteiger charge is 2.24. The third kappa shape index (κ3) is 1.78. The van der Waals surface area contributed by atoms with E-state index in [2.05, 4.69) is 0 Å². The molecule has 0 aromatic heterocycles. The maximum atomic E-state index is 11.6. The van der Waals surface area contributed by atoms with Gasteiger partial charge in [0.15, 0.2) is 0 Å². The molecule has 4 nitrogen and oxygen atoms in total. The minimum Gasteiger partial charge on any atom is -0.495 e. The summed E-state index contributed by atoms with van der Waals surface area (Å²) in [5.74, 6) is 0.678. The van der Waals surface area contributed by atoms with Crippen LogP contribution in [-0.4, -0.2) is 25.8 Å². The fraction of sp³-hybridized carbons (Fsp3) is 0.333. The molecule has 0 N–H and O–H groups in total. The Labute approximate surface area is 93.8 Å². The van der Waals surface area contributed by atoms with Crippen molar-refractivity contribution in [2.45, 2.75) is 12.8 Å². The zero-order chi connectivity index (χ0) is 11.5. The zero-order valence-corrected chi connectivity index (χ0v) is 9.10. The number of anilines is 1. The number of carbonyl (C=O) groups excluding carboxylic acids is 2. The van der Waals surface area contributed by atoms with Gasteiger partial charge < -0.3 is 9.64 Å². The molecule has 1 aromatic carbocycles. The second kappa shape index (κ2) is 4.35. The van der Waals surface area contributed by atoms with Crippen LogP contribution in [0.4, 0.5) is 5.69 Å². The van der Waals surface area contributed by atoms with Crippen LogP contribution in [0.3, 0.4) is 0 Å². The second-order valence-electron chi connectivity index (χ2n) is 3.70. The molecule has 0 saturated carbocycles. The lowest BCUT2D eigenvalue weighted by molar-refractivity contribution is -0.117. The van der Waals surface area contributed by atoms with Crippen molar-refractivity contribution < 1.29 is 14.3 Å². The summed E-state index contributed by atoms with van der Waals surface area (Å²) in [4.78, 5) is 23.9. The largest absolute Gasteiger partial charge is 0.495 e. The van der Waals surface area contributed by atoms with Crippen LogP contribution in [0.5, 0.6) is 5.75 Å². The van der Waals surface area contributed by atoms with Gasteiger partial charge in [0.25, 0.3) is 0 Å². The topological polar surface area (TPSA) is 46.6 Å². The highest BCUT2D eigenvalue weighted by Crippen LogP contribution is 2.31. The van der Waals surface area contributed by atoms with E-state index in [0.717, 1.165) is 24.9 Å². The number of amides is 1. The van der Waals surface area contributed by atoms with Crippen molar-refractivity contribution in [2.75, 3.05) is 18.6 Å². The maximum Gasteiger partial charge on any atom is 0.227 e. The van der Waals surface area contributed by atoms with Crippen LogP contribution in [0.1, 0.15) is 23.2 Å². The van der Waals surface area contributed by atoms with Crippen LogP contribution in [0.2, 0.25) is 0 Å². The normalized spacial score (nSPS) is 15.3. The number of aldehydes is 1.